The van der Waals surface area contributed by atoms with Gasteiger partial charge in [-0.25, -0.2) is 0 Å². The van der Waals surface area contributed by atoms with Crippen LogP contribution in [-0.4, -0.2) is 25.2 Å². The number of rotatable bonds is 3. The summed E-state index contributed by atoms with van der Waals surface area (Å²) in [5.74, 6) is 1.00. The molecule has 1 aromatic rings. The minimum atomic E-state index is 0.0246. The SMILES string of the molecule is CC1(C(C)(CN)N2CCCOc3ccccc32)CC1. The van der Waals surface area contributed by atoms with Gasteiger partial charge in [0.05, 0.1) is 17.8 Å². The van der Waals surface area contributed by atoms with Crippen LogP contribution in [0.1, 0.15) is 33.1 Å². The van der Waals surface area contributed by atoms with Crippen molar-refractivity contribution >= 4 is 5.69 Å². The van der Waals surface area contributed by atoms with Crippen LogP contribution in [-0.2, 0) is 0 Å². The molecule has 2 N–H and O–H groups in total. The Balaban J connectivity index is 2.04. The summed E-state index contributed by atoms with van der Waals surface area (Å²) in [6, 6.07) is 8.37. The summed E-state index contributed by atoms with van der Waals surface area (Å²) in [5.41, 5.74) is 7.77. The van der Waals surface area contributed by atoms with E-state index in [0.29, 0.717) is 12.0 Å². The summed E-state index contributed by atoms with van der Waals surface area (Å²) in [6.07, 6.45) is 3.61. The van der Waals surface area contributed by atoms with E-state index in [2.05, 4.69) is 36.9 Å². The third-order valence-electron chi connectivity index (χ3n) is 5.23. The number of hydrogen-bond donors (Lipinski definition) is 1. The average Bonchev–Trinajstić information content (AvgIpc) is 3.21. The molecule has 0 aromatic heterocycles. The molecule has 2 aliphatic rings. The first-order valence-corrected chi connectivity index (χ1v) is 7.30. The Morgan fingerprint density at radius 2 is 2.11 bits per heavy atom. The second-order valence-electron chi connectivity index (χ2n) is 6.36. The molecule has 1 aliphatic heterocycles. The lowest BCUT2D eigenvalue weighted by atomic mass is 9.81. The summed E-state index contributed by atoms with van der Waals surface area (Å²) < 4.78 is 5.87. The number of ether oxygens (including phenoxy) is 1. The second-order valence-corrected chi connectivity index (χ2v) is 6.36. The van der Waals surface area contributed by atoms with E-state index in [1.165, 1.54) is 18.5 Å². The van der Waals surface area contributed by atoms with Gasteiger partial charge in [-0.15, -0.1) is 0 Å². The van der Waals surface area contributed by atoms with E-state index in [4.69, 9.17) is 10.5 Å². The van der Waals surface area contributed by atoms with Crippen molar-refractivity contribution in [2.24, 2.45) is 11.1 Å². The van der Waals surface area contributed by atoms with Gasteiger partial charge in [0.15, 0.2) is 0 Å². The average molecular weight is 260 g/mol. The first kappa shape index (κ1) is 12.8. The zero-order valence-electron chi connectivity index (χ0n) is 12.0. The summed E-state index contributed by atoms with van der Waals surface area (Å²) in [6.45, 7) is 7.21. The van der Waals surface area contributed by atoms with Gasteiger partial charge in [-0.2, -0.15) is 0 Å². The smallest absolute Gasteiger partial charge is 0.142 e. The fourth-order valence-electron chi connectivity index (χ4n) is 3.25. The molecule has 1 unspecified atom stereocenters. The van der Waals surface area contributed by atoms with Crippen molar-refractivity contribution in [1.82, 2.24) is 0 Å². The molecule has 1 aliphatic carbocycles. The van der Waals surface area contributed by atoms with Gasteiger partial charge in [0.25, 0.3) is 0 Å². The number of hydrogen-bond acceptors (Lipinski definition) is 3. The van der Waals surface area contributed by atoms with Gasteiger partial charge in [-0.05, 0) is 43.7 Å². The summed E-state index contributed by atoms with van der Waals surface area (Å²) in [7, 11) is 0. The highest BCUT2D eigenvalue weighted by atomic mass is 16.5. The standard InChI is InChI=1S/C16H24N2O/c1-15(8-9-15)16(2,12-17)18-10-5-11-19-14-7-4-3-6-13(14)18/h3-4,6-7H,5,8-12,17H2,1-2H3. The zero-order valence-corrected chi connectivity index (χ0v) is 12.0. The fourth-order valence-corrected chi connectivity index (χ4v) is 3.25. The lowest BCUT2D eigenvalue weighted by Crippen LogP contribution is -2.57. The minimum absolute atomic E-state index is 0.0246. The first-order chi connectivity index (χ1) is 9.11. The molecule has 1 saturated carbocycles. The van der Waals surface area contributed by atoms with Crippen molar-refractivity contribution in [1.29, 1.82) is 0 Å². The van der Waals surface area contributed by atoms with Crippen LogP contribution in [0.4, 0.5) is 5.69 Å². The predicted molar refractivity (Wildman–Crippen MR) is 78.7 cm³/mol. The molecule has 1 heterocycles. The summed E-state index contributed by atoms with van der Waals surface area (Å²) in [4.78, 5) is 2.50. The van der Waals surface area contributed by atoms with Gasteiger partial charge >= 0.3 is 0 Å². The Morgan fingerprint density at radius 3 is 2.79 bits per heavy atom. The molecule has 3 heteroatoms. The second kappa shape index (κ2) is 4.41. The van der Waals surface area contributed by atoms with E-state index in [9.17, 15) is 0 Å². The van der Waals surface area contributed by atoms with Crippen molar-refractivity contribution in [2.45, 2.75) is 38.6 Å². The quantitative estimate of drug-likeness (QED) is 0.908. The van der Waals surface area contributed by atoms with Gasteiger partial charge in [-0.3, -0.25) is 0 Å². The lowest BCUT2D eigenvalue weighted by molar-refractivity contribution is 0.275. The largest absolute Gasteiger partial charge is 0.491 e. The normalized spacial score (nSPS) is 23.8. The minimum Gasteiger partial charge on any atom is -0.491 e. The molecule has 19 heavy (non-hydrogen) atoms. The van der Waals surface area contributed by atoms with Crippen molar-refractivity contribution in [3.05, 3.63) is 24.3 Å². The highest BCUT2D eigenvalue weighted by molar-refractivity contribution is 5.61. The van der Waals surface area contributed by atoms with Gasteiger partial charge in [-0.1, -0.05) is 19.1 Å². The molecular weight excluding hydrogens is 236 g/mol. The van der Waals surface area contributed by atoms with Crippen LogP contribution in [0.2, 0.25) is 0 Å². The van der Waals surface area contributed by atoms with Gasteiger partial charge in [0, 0.05) is 13.1 Å². The monoisotopic (exact) mass is 260 g/mol. The number of para-hydroxylation sites is 2. The maximum absolute atomic E-state index is 6.19. The van der Waals surface area contributed by atoms with E-state index in [-0.39, 0.29) is 5.54 Å². The van der Waals surface area contributed by atoms with Gasteiger partial charge < -0.3 is 15.4 Å². The first-order valence-electron chi connectivity index (χ1n) is 7.30. The fraction of sp³-hybridized carbons (Fsp3) is 0.625. The number of fused-ring (bicyclic) bond motifs is 1. The molecule has 1 aromatic carbocycles. The molecule has 3 rings (SSSR count). The molecule has 3 nitrogen and oxygen atoms in total. The number of anilines is 1. The van der Waals surface area contributed by atoms with E-state index in [0.717, 1.165) is 25.3 Å². The Morgan fingerprint density at radius 1 is 1.37 bits per heavy atom. The Bertz CT molecular complexity index is 470. The molecule has 0 amide bonds. The van der Waals surface area contributed by atoms with Gasteiger partial charge in [0.1, 0.15) is 5.75 Å². The molecule has 1 atom stereocenters. The Kier molecular flexibility index (Phi) is 2.97. The van der Waals surface area contributed by atoms with E-state index >= 15 is 0 Å². The Hall–Kier alpha value is -1.22. The van der Waals surface area contributed by atoms with Crippen LogP contribution < -0.4 is 15.4 Å². The van der Waals surface area contributed by atoms with Crippen LogP contribution in [0, 0.1) is 5.41 Å². The van der Waals surface area contributed by atoms with Gasteiger partial charge in [0.2, 0.25) is 0 Å². The third kappa shape index (κ3) is 1.91. The van der Waals surface area contributed by atoms with Crippen LogP contribution in [0.25, 0.3) is 0 Å². The summed E-state index contributed by atoms with van der Waals surface area (Å²) in [5, 5.41) is 0. The number of nitrogens with zero attached hydrogens (tertiary/aromatic N) is 1. The molecule has 0 spiro atoms. The van der Waals surface area contributed by atoms with Crippen LogP contribution in [0.3, 0.4) is 0 Å². The van der Waals surface area contributed by atoms with E-state index < -0.39 is 0 Å². The molecule has 1 fully saturated rings. The topological polar surface area (TPSA) is 38.5 Å². The highest BCUT2D eigenvalue weighted by Crippen LogP contribution is 2.57. The van der Waals surface area contributed by atoms with Crippen molar-refractivity contribution < 1.29 is 4.74 Å². The van der Waals surface area contributed by atoms with Crippen LogP contribution in [0.5, 0.6) is 5.75 Å². The lowest BCUT2D eigenvalue weighted by Gasteiger charge is -2.46. The van der Waals surface area contributed by atoms with E-state index in [1.807, 2.05) is 6.07 Å². The molecule has 104 valence electrons. The van der Waals surface area contributed by atoms with Crippen molar-refractivity contribution in [3.63, 3.8) is 0 Å². The third-order valence-corrected chi connectivity index (χ3v) is 5.23. The predicted octanol–water partition coefficient (Wildman–Crippen LogP) is 2.79. The number of benzene rings is 1. The number of nitrogens with two attached hydrogens (primary N) is 1. The van der Waals surface area contributed by atoms with Crippen molar-refractivity contribution in [2.75, 3.05) is 24.6 Å². The molecule has 0 radical (unpaired) electrons. The maximum Gasteiger partial charge on any atom is 0.142 e. The van der Waals surface area contributed by atoms with Crippen molar-refractivity contribution in [3.8, 4) is 5.75 Å². The molecule has 0 bridgehead atoms. The zero-order chi connectivity index (χ0) is 13.5. The van der Waals surface area contributed by atoms with E-state index in [1.54, 1.807) is 0 Å². The molecule has 0 saturated heterocycles. The maximum atomic E-state index is 6.19. The van der Waals surface area contributed by atoms with Crippen LogP contribution >= 0.6 is 0 Å². The molecular formula is C16H24N2O. The highest BCUT2D eigenvalue weighted by Gasteiger charge is 2.55. The summed E-state index contributed by atoms with van der Waals surface area (Å²) >= 11 is 0. The van der Waals surface area contributed by atoms with Crippen LogP contribution in [0.15, 0.2) is 24.3 Å². The Labute approximate surface area is 115 Å².